The van der Waals surface area contributed by atoms with Crippen molar-refractivity contribution in [1.82, 2.24) is 44.1 Å². The number of carbonyl (C=O) groups excluding carboxylic acids is 10. The van der Waals surface area contributed by atoms with Crippen LogP contribution in [0.2, 0.25) is 0 Å². The summed E-state index contributed by atoms with van der Waals surface area (Å²) in [5.41, 5.74) is 5.72. The van der Waals surface area contributed by atoms with E-state index >= 15 is 0 Å². The van der Waals surface area contributed by atoms with Crippen LogP contribution < -0.4 is 14.2 Å². The molecule has 1 radical (unpaired) electrons. The second-order valence-corrected chi connectivity index (χ2v) is 45.4. The van der Waals surface area contributed by atoms with Crippen LogP contribution in [0.4, 0.5) is 0 Å². The van der Waals surface area contributed by atoms with Gasteiger partial charge in [0.2, 0.25) is 0 Å². The molecule has 3 atom stereocenters. The Morgan fingerprint density at radius 2 is 0.615 bits per heavy atom. The predicted octanol–water partition coefficient (Wildman–Crippen LogP) is 25.4. The predicted molar refractivity (Wildman–Crippen MR) is 586 cm³/mol. The third-order valence-corrected chi connectivity index (χ3v) is 35.4. The molecule has 13 aliphatic carbocycles. The minimum Gasteiger partial charge on any atom is -0.647 e. The molecular weight excluding hydrogens is 1980 g/mol. The molecule has 0 aromatic heterocycles. The summed E-state index contributed by atoms with van der Waals surface area (Å²) in [6.07, 6.45) is 52.5. The molecule has 13 saturated carbocycles. The number of rotatable bonds is 23. The first-order valence-electron chi connectivity index (χ1n) is 56.3. The molecule has 0 N–H and O–H groups in total. The summed E-state index contributed by atoms with van der Waals surface area (Å²) in [5, 5.41) is 6.26. The van der Waals surface area contributed by atoms with E-state index in [1.54, 1.807) is 68.8 Å². The average Bonchev–Trinajstić information content (AvgIpc) is 0.795. The van der Waals surface area contributed by atoms with Crippen LogP contribution in [0.5, 0.6) is 17.2 Å². The van der Waals surface area contributed by atoms with Crippen molar-refractivity contribution in [2.24, 2.45) is 29.6 Å². The van der Waals surface area contributed by atoms with Gasteiger partial charge in [0.15, 0.2) is 11.5 Å². The van der Waals surface area contributed by atoms with E-state index in [-0.39, 0.29) is 148 Å². The summed E-state index contributed by atoms with van der Waals surface area (Å²) in [7, 11) is 21.9. The van der Waals surface area contributed by atoms with Crippen LogP contribution in [0.1, 0.15) is 406 Å². The zero-order valence-electron chi connectivity index (χ0n) is 91.7. The Morgan fingerprint density at radius 1 is 0.277 bits per heavy atom. The molecule has 148 heavy (non-hydrogen) atoms. The molecular formula is C124H171N10O13Pr-. The van der Waals surface area contributed by atoms with E-state index in [0.717, 1.165) is 224 Å². The van der Waals surface area contributed by atoms with E-state index in [2.05, 4.69) is 22.3 Å². The molecule has 0 spiro atoms. The van der Waals surface area contributed by atoms with Crippen molar-refractivity contribution in [3.63, 3.8) is 0 Å². The quantitative estimate of drug-likeness (QED) is 0.0579. The van der Waals surface area contributed by atoms with Crippen molar-refractivity contribution < 1.29 is 103 Å². The SMILES string of the molecule is CN(C(=O)c1cc(C(=O)N(C)C2CCCCC2)cc(C(=O)N(C)C2CCCCC2)c1)C1CCCCC1.CN(C(=O)c1ccc(C(=O)N(C)C2CCCCC2)c(C(=O)N(C)C2CCCCC2)c1)C1CCCCC1.CN(C(=O)c1ccc2ccccc2c1)C1CCCCC1.CN(C(=O)c1ccccc1)C12CC3CC(CC(C3)C1)C2.COc1ccc(C(=O)N(C)C2CC3CCC2C3)cc1.COc1ccc(C(=O)[N-]C(C)C)cc1OC.[Pr]. The third kappa shape index (κ3) is 29.6. The van der Waals surface area contributed by atoms with Gasteiger partial charge in [-0.05, 0) is 291 Å². The van der Waals surface area contributed by atoms with Crippen LogP contribution in [0.3, 0.4) is 0 Å². The number of hydrogen-bond donors (Lipinski definition) is 0. The normalized spacial score (nSPS) is 21.8. The Morgan fingerprint density at radius 3 is 0.986 bits per heavy atom. The van der Waals surface area contributed by atoms with Gasteiger partial charge in [0.25, 0.3) is 53.2 Å². The van der Waals surface area contributed by atoms with E-state index in [0.29, 0.717) is 62.5 Å². The minimum atomic E-state index is -0.240. The van der Waals surface area contributed by atoms with Crippen molar-refractivity contribution in [2.75, 3.05) is 84.8 Å². The molecule has 23 nitrogen and oxygen atoms in total. The van der Waals surface area contributed by atoms with E-state index in [1.807, 2.05) is 201 Å². The summed E-state index contributed by atoms with van der Waals surface area (Å²) in [5.74, 6) is 5.85. The molecule has 799 valence electrons. The Kier molecular flexibility index (Phi) is 43.3. The first-order chi connectivity index (χ1) is 70.9. The molecule has 13 aliphatic rings. The number of benzene rings is 7. The van der Waals surface area contributed by atoms with Crippen molar-refractivity contribution in [1.29, 1.82) is 0 Å². The summed E-state index contributed by atoms with van der Waals surface area (Å²) in [6, 6.07) is 48.9. The number of fused-ring (bicyclic) bond motifs is 3. The Balaban J connectivity index is 0.000000152. The van der Waals surface area contributed by atoms with Gasteiger partial charge in [-0.3, -0.25) is 43.2 Å². The maximum absolute atomic E-state index is 13.8. The summed E-state index contributed by atoms with van der Waals surface area (Å²) in [4.78, 5) is 148. The van der Waals surface area contributed by atoms with Gasteiger partial charge in [0, 0.05) is 203 Å². The standard InChI is InChI=1S/2C30H45N3O3.C18H23NO.C18H21NO.C16H21NO2.C12H17NO3.Pr/c1-31(25-13-7-4-8-14-25)28(34)22-19-23(29(35)32(2)26-15-9-5-10-16-26)21-24(20-22)30(36)33(3)27-17-11-6-12-18-27;1-31(23-13-7-4-8-14-23)28(34)22-19-20-26(29(35)32(2)24-15-9-5-10-16-24)27(21-22)30(36)33(3)25-17-11-6-12-18-25;1-19(17(20)16-5-3-2-4-6-16)18-10-13-7-14(11-18)9-15(8-13)12-18;1-19(17-9-3-2-4-10-17)18(20)16-12-11-14-7-5-6-8-15(14)13-16;1-17(15-10-11-3-4-13(15)9-11)16(18)12-5-7-14(19-2)8-6-12;1-8(2)13-12(14)9-5-6-10(15-3)11(7-9)16-4;/h19-21,25-27H,4-18H2,1-3H3;19-21,23-25H,4-18H2,1-3H3;2-6,13-15H,7-12H2,1H3;5-8,11-13,17H,2-4,9-10H2,1H3;5-8,11,13,15H,3-4,9-10H2,1-2H3;5-8H,1-4H3,(H,13,14);/p-1. The molecule has 0 aliphatic heterocycles. The van der Waals surface area contributed by atoms with Crippen LogP contribution in [0.15, 0.2) is 152 Å². The topological polar surface area (TPSA) is 242 Å². The summed E-state index contributed by atoms with van der Waals surface area (Å²) < 4.78 is 15.3. The fourth-order valence-electron chi connectivity index (χ4n) is 26.7. The fraction of sp³-hybridized carbons (Fsp3) is 0.597. The van der Waals surface area contributed by atoms with Crippen molar-refractivity contribution in [3.8, 4) is 17.2 Å². The first kappa shape index (κ1) is 115. The van der Waals surface area contributed by atoms with Gasteiger partial charge in [0.05, 0.1) is 38.4 Å². The molecule has 10 amide bonds. The Hall–Kier alpha value is -9.74. The van der Waals surface area contributed by atoms with Crippen molar-refractivity contribution in [2.45, 2.75) is 363 Å². The average molecular weight is 2150 g/mol. The summed E-state index contributed by atoms with van der Waals surface area (Å²) >= 11 is 0. The second-order valence-electron chi connectivity index (χ2n) is 45.4. The van der Waals surface area contributed by atoms with Gasteiger partial charge < -0.3 is 68.4 Å². The minimum absolute atomic E-state index is 0. The Labute approximate surface area is 917 Å². The van der Waals surface area contributed by atoms with Gasteiger partial charge in [0.1, 0.15) is 5.75 Å². The van der Waals surface area contributed by atoms with Gasteiger partial charge in [-0.25, -0.2) is 0 Å². The molecule has 3 unspecified atom stereocenters. The number of ether oxygens (including phenoxy) is 3. The fourth-order valence-corrected chi connectivity index (χ4v) is 26.7. The first-order valence-corrected chi connectivity index (χ1v) is 56.3. The zero-order valence-corrected chi connectivity index (χ0v) is 95.4. The van der Waals surface area contributed by atoms with Gasteiger partial charge >= 0.3 is 0 Å². The van der Waals surface area contributed by atoms with Gasteiger partial charge in [-0.15, -0.1) is 6.04 Å². The molecule has 20 rings (SSSR count). The maximum Gasteiger partial charge on any atom is 0.254 e. The van der Waals surface area contributed by atoms with Crippen LogP contribution in [-0.4, -0.2) is 248 Å². The van der Waals surface area contributed by atoms with Gasteiger partial charge in [-0.1, -0.05) is 204 Å². The molecule has 24 heteroatoms. The third-order valence-electron chi connectivity index (χ3n) is 35.4. The van der Waals surface area contributed by atoms with Gasteiger partial charge in [-0.2, -0.15) is 0 Å². The summed E-state index contributed by atoms with van der Waals surface area (Å²) in [6.45, 7) is 3.72. The molecule has 7 aromatic rings. The smallest absolute Gasteiger partial charge is 0.254 e. The van der Waals surface area contributed by atoms with E-state index in [4.69, 9.17) is 14.2 Å². The van der Waals surface area contributed by atoms with Crippen molar-refractivity contribution in [3.05, 3.63) is 213 Å². The number of carbonyl (C=O) groups is 10. The van der Waals surface area contributed by atoms with Crippen LogP contribution in [-0.2, 0) is 0 Å². The van der Waals surface area contributed by atoms with Crippen LogP contribution >= 0.6 is 0 Å². The monoisotopic (exact) mass is 2150 g/mol. The largest absolute Gasteiger partial charge is 0.647 e. The number of methoxy groups -OCH3 is 3. The number of nitrogens with zero attached hydrogens (tertiary/aromatic N) is 10. The second kappa shape index (κ2) is 55.5. The van der Waals surface area contributed by atoms with E-state index in [1.165, 1.54) is 134 Å². The van der Waals surface area contributed by atoms with Crippen LogP contribution in [0, 0.1) is 70.9 Å². The molecule has 6 bridgehead atoms. The molecule has 0 heterocycles. The Bertz CT molecular complexity index is 5390. The zero-order chi connectivity index (χ0) is 105. The molecule has 0 saturated heterocycles. The number of hydrogen-bond acceptors (Lipinski definition) is 13. The van der Waals surface area contributed by atoms with E-state index in [9.17, 15) is 47.9 Å². The maximum atomic E-state index is 13.8. The molecule has 7 aromatic carbocycles. The van der Waals surface area contributed by atoms with Crippen molar-refractivity contribution >= 4 is 69.8 Å². The van der Waals surface area contributed by atoms with E-state index < -0.39 is 0 Å². The molecule has 13 fully saturated rings. The number of amides is 10. The van der Waals surface area contributed by atoms with Crippen LogP contribution in [0.25, 0.3) is 16.1 Å².